The molecule has 0 amide bonds. The number of imidazole rings is 3. The van der Waals surface area contributed by atoms with Gasteiger partial charge in [0.25, 0.3) is 0 Å². The molecule has 83 heavy (non-hydrogen) atoms. The Morgan fingerprint density at radius 1 is 0.554 bits per heavy atom. The summed E-state index contributed by atoms with van der Waals surface area (Å²) in [5, 5.41) is 76.7. The molecule has 1 aromatic carbocycles. The highest BCUT2D eigenvalue weighted by Crippen LogP contribution is 2.38. The van der Waals surface area contributed by atoms with Crippen LogP contribution in [-0.4, -0.2) is 192 Å². The standard InChI is InChI=1S/C12H15N9O3.C12H17N9O3.C12H18N6O3.C12H8N2/c13-9-6-10(16-4-15-9)21(12(17-6)18-19-14)11-8(23)7(22)5(24-11)3-20-1-2-20;1-2-3-15-10-6(22)7(23)11(24-10)21-9-5(8(13)16-4-17-9)18-12(21)19-20-14;1-2-3-14-11-7(19)8(20)12(21-11)18-5-17-6-9(13)15-4-16-10(6)18;1-3-9-5-6-10-4-2-8-14-12(10)11(9)13-7-1/h4-5,7-8,11,22-23H,1-3H2,(H2,13,15,16);4,6-7,10-11,15,22-23H,2-3H2,1H3,(H2,13,16,17);4-5,7-8,11-12,14,19-20H,2-3H2,1H3,(H2,13,15,16);1-8H/t5-,7?,8+,11-;6?,7-,10-,11+;7?,8-,11-,12+;/m100./s1. The smallest absolute Gasteiger partial charge is 0.201 e. The quantitative estimate of drug-likeness (QED) is 0.0252. The molecule has 8 aromatic heterocycles. The van der Waals surface area contributed by atoms with Crippen molar-refractivity contribution < 1.29 is 44.8 Å². The molecule has 4 aliphatic rings. The molecular weight excluding hydrogens is 1080 g/mol. The van der Waals surface area contributed by atoms with Crippen molar-refractivity contribution in [1.82, 2.24) is 84.1 Å². The summed E-state index contributed by atoms with van der Waals surface area (Å²) < 4.78 is 21.4. The van der Waals surface area contributed by atoms with Crippen molar-refractivity contribution in [2.75, 3.05) is 49.9 Å². The first-order chi connectivity index (χ1) is 40.3. The molecule has 0 spiro atoms. The van der Waals surface area contributed by atoms with Gasteiger partial charge in [-0.15, -0.1) is 0 Å². The number of nitrogens with one attached hydrogen (secondary N) is 2. The molecule has 0 aliphatic carbocycles. The summed E-state index contributed by atoms with van der Waals surface area (Å²) in [6.45, 7) is 7.64. The first-order valence-corrected chi connectivity index (χ1v) is 26.1. The summed E-state index contributed by atoms with van der Waals surface area (Å²) in [6, 6.07) is 12.1. The van der Waals surface area contributed by atoms with E-state index in [1.807, 2.05) is 26.0 Å². The average molecular weight is 1140 g/mol. The zero-order valence-electron chi connectivity index (χ0n) is 44.3. The Kier molecular flexibility index (Phi) is 17.4. The molecule has 0 saturated carbocycles. The summed E-state index contributed by atoms with van der Waals surface area (Å²) in [6.07, 6.45) is -1.10. The summed E-state index contributed by atoms with van der Waals surface area (Å²) >= 11 is 0. The molecule has 13 rings (SSSR count). The van der Waals surface area contributed by atoms with Crippen molar-refractivity contribution in [3.8, 4) is 0 Å². The number of anilines is 3. The molecular formula is C48H58N26O9. The van der Waals surface area contributed by atoms with Gasteiger partial charge >= 0.3 is 0 Å². The first-order valence-electron chi connectivity index (χ1n) is 26.1. The number of rotatable bonds is 13. The Morgan fingerprint density at radius 2 is 1.01 bits per heavy atom. The molecule has 0 radical (unpaired) electrons. The second kappa shape index (κ2) is 25.2. The molecule has 3 unspecified atom stereocenters. The van der Waals surface area contributed by atoms with Crippen molar-refractivity contribution in [2.24, 2.45) is 10.2 Å². The van der Waals surface area contributed by atoms with E-state index in [0.29, 0.717) is 30.8 Å². The summed E-state index contributed by atoms with van der Waals surface area (Å²) in [5.74, 6) is 0.312. The molecule has 434 valence electrons. The van der Waals surface area contributed by atoms with E-state index in [1.165, 1.54) is 34.4 Å². The zero-order chi connectivity index (χ0) is 58.5. The number of ether oxygens (including phenoxy) is 3. The van der Waals surface area contributed by atoms with Crippen LogP contribution >= 0.6 is 0 Å². The summed E-state index contributed by atoms with van der Waals surface area (Å²) in [4.78, 5) is 52.3. The second-order valence-electron chi connectivity index (χ2n) is 19.2. The van der Waals surface area contributed by atoms with E-state index in [9.17, 15) is 30.6 Å². The van der Waals surface area contributed by atoms with E-state index in [4.69, 9.17) is 42.5 Å². The number of aromatic nitrogens is 14. The summed E-state index contributed by atoms with van der Waals surface area (Å²) in [7, 11) is 0. The third-order valence-electron chi connectivity index (χ3n) is 13.7. The lowest BCUT2D eigenvalue weighted by molar-refractivity contribution is -0.0453. The average Bonchev–Trinajstić information content (AvgIpc) is 2.97. The van der Waals surface area contributed by atoms with Crippen molar-refractivity contribution in [1.29, 1.82) is 0 Å². The van der Waals surface area contributed by atoms with Gasteiger partial charge in [-0.2, -0.15) is 0 Å². The van der Waals surface area contributed by atoms with Gasteiger partial charge in [0, 0.05) is 52.6 Å². The van der Waals surface area contributed by atoms with Crippen molar-refractivity contribution in [2.45, 2.75) is 101 Å². The minimum absolute atomic E-state index is 0.0664. The van der Waals surface area contributed by atoms with E-state index in [-0.39, 0.29) is 51.7 Å². The molecule has 35 nitrogen and oxygen atoms in total. The van der Waals surface area contributed by atoms with E-state index in [0.717, 1.165) is 47.7 Å². The highest BCUT2D eigenvalue weighted by atomic mass is 16.6. The number of aliphatic hydroxyl groups excluding tert-OH is 6. The van der Waals surface area contributed by atoms with E-state index in [2.05, 4.69) is 115 Å². The molecule has 12 atom stereocenters. The van der Waals surface area contributed by atoms with Crippen LogP contribution in [0.3, 0.4) is 0 Å². The van der Waals surface area contributed by atoms with Crippen LogP contribution in [0.2, 0.25) is 0 Å². The van der Waals surface area contributed by atoms with Gasteiger partial charge in [0.05, 0.1) is 17.4 Å². The monoisotopic (exact) mass is 1140 g/mol. The van der Waals surface area contributed by atoms with Gasteiger partial charge in [0.2, 0.25) is 11.9 Å². The van der Waals surface area contributed by atoms with Crippen LogP contribution < -0.4 is 27.8 Å². The van der Waals surface area contributed by atoms with E-state index < -0.39 is 73.9 Å². The number of benzene rings is 1. The maximum atomic E-state index is 10.4. The predicted molar refractivity (Wildman–Crippen MR) is 295 cm³/mol. The largest absolute Gasteiger partial charge is 0.387 e. The zero-order valence-corrected chi connectivity index (χ0v) is 44.3. The lowest BCUT2D eigenvalue weighted by atomic mass is 10.1. The number of pyridine rings is 2. The molecule has 4 aliphatic heterocycles. The summed E-state index contributed by atoms with van der Waals surface area (Å²) in [5.41, 5.74) is 38.6. The maximum absolute atomic E-state index is 10.4. The van der Waals surface area contributed by atoms with Gasteiger partial charge in [-0.1, -0.05) is 38.1 Å². The Hall–Kier alpha value is -8.77. The number of aliphatic hydroxyl groups is 6. The third kappa shape index (κ3) is 11.7. The highest BCUT2D eigenvalue weighted by molar-refractivity contribution is 6.02. The molecule has 4 fully saturated rings. The van der Waals surface area contributed by atoms with Gasteiger partial charge in [-0.3, -0.25) is 39.2 Å². The fourth-order valence-corrected chi connectivity index (χ4v) is 9.53. The number of fused-ring (bicyclic) bond motifs is 6. The van der Waals surface area contributed by atoms with Crippen LogP contribution in [0, 0.1) is 0 Å². The highest BCUT2D eigenvalue weighted by Gasteiger charge is 2.48. The molecule has 14 N–H and O–H groups in total. The number of nitrogen functional groups attached to an aromatic ring is 3. The molecule has 9 aromatic rings. The molecule has 4 saturated heterocycles. The number of hydrogen-bond donors (Lipinski definition) is 11. The van der Waals surface area contributed by atoms with Crippen molar-refractivity contribution in [3.63, 3.8) is 0 Å². The fraction of sp³-hybridized carbons (Fsp3) is 0.438. The van der Waals surface area contributed by atoms with Crippen LogP contribution in [0.5, 0.6) is 0 Å². The Labute approximate surface area is 468 Å². The van der Waals surface area contributed by atoms with Crippen molar-refractivity contribution >= 4 is 84.6 Å². The number of hydrogen-bond acceptors (Lipinski definition) is 28. The predicted octanol–water partition coefficient (Wildman–Crippen LogP) is 0.980. The number of azide groups is 2. The minimum atomic E-state index is -1.28. The topological polar surface area (TPSA) is 508 Å². The third-order valence-corrected chi connectivity index (χ3v) is 13.7. The lowest BCUT2D eigenvalue weighted by Crippen LogP contribution is -2.40. The molecule has 35 heteroatoms. The molecule has 0 bridgehead atoms. The van der Waals surface area contributed by atoms with Gasteiger partial charge in [0.1, 0.15) is 79.7 Å². The normalized spacial score (nSPS) is 25.5. The van der Waals surface area contributed by atoms with E-state index >= 15 is 0 Å². The Balaban J connectivity index is 0.000000126. The maximum Gasteiger partial charge on any atom is 0.201 e. The minimum Gasteiger partial charge on any atom is -0.387 e. The van der Waals surface area contributed by atoms with Crippen LogP contribution in [0.25, 0.3) is 76.2 Å². The Bertz CT molecular complexity index is 3780. The SMILES string of the molecule is CCCN[C@H]1O[C@@H](n2c(N=[N+]=[N-])nc3c(N)ncnc32)[C@@H](O)C1O.CCCN[C@H]1O[C@@H](n2cnc3c(N)ncnc32)[C@@H](O)C1O.[N-]=[N+]=Nc1nc2c(N)ncnc2n1[C@@H]1O[C@H](CN2CC2)C(O)[C@@H]1O.c1cnc2c(c1)ccc1cccnc12. The second-order valence-corrected chi connectivity index (χ2v) is 19.2. The van der Waals surface area contributed by atoms with Crippen LogP contribution in [-0.2, 0) is 14.2 Å². The van der Waals surface area contributed by atoms with Crippen LogP contribution in [0.15, 0.2) is 84.3 Å². The molecule has 12 heterocycles. The van der Waals surface area contributed by atoms with E-state index in [1.54, 1.807) is 17.0 Å². The lowest BCUT2D eigenvalue weighted by Gasteiger charge is -2.18. The van der Waals surface area contributed by atoms with Gasteiger partial charge < -0.3 is 62.1 Å². The number of nitrogens with two attached hydrogens (primary N) is 3. The van der Waals surface area contributed by atoms with Crippen LogP contribution in [0.1, 0.15) is 45.4 Å². The van der Waals surface area contributed by atoms with Gasteiger partial charge in [0.15, 0.2) is 64.1 Å². The Morgan fingerprint density at radius 3 is 1.51 bits per heavy atom. The number of nitrogens with zero attached hydrogens (tertiary/aromatic N) is 21. The first kappa shape index (κ1) is 57.5. The van der Waals surface area contributed by atoms with Gasteiger partial charge in [-0.25, -0.2) is 44.9 Å². The van der Waals surface area contributed by atoms with Crippen LogP contribution in [0.4, 0.5) is 29.4 Å². The fourth-order valence-electron chi connectivity index (χ4n) is 9.53. The van der Waals surface area contributed by atoms with Crippen molar-refractivity contribution in [3.05, 3.63) is 95.0 Å². The van der Waals surface area contributed by atoms with Gasteiger partial charge in [-0.05, 0) is 59.4 Å².